The number of benzene rings is 3. The molecule has 0 N–H and O–H groups in total. The van der Waals surface area contributed by atoms with Gasteiger partial charge in [0.25, 0.3) is 0 Å². The molecule has 1 saturated carbocycles. The second-order valence-electron chi connectivity index (χ2n) is 7.58. The lowest BCUT2D eigenvalue weighted by atomic mass is 9.61. The SMILES string of the molecule is O=C(ON=C1CC(Cc2ccccc2)(Cc2ccccc2)C1)c1ccccc1. The van der Waals surface area contributed by atoms with Gasteiger partial charge in [-0.3, -0.25) is 0 Å². The van der Waals surface area contributed by atoms with Crippen LogP contribution in [0.5, 0.6) is 0 Å². The molecule has 0 aliphatic heterocycles. The van der Waals surface area contributed by atoms with Gasteiger partial charge in [-0.2, -0.15) is 0 Å². The van der Waals surface area contributed by atoms with E-state index in [0.717, 1.165) is 31.4 Å². The van der Waals surface area contributed by atoms with Crippen LogP contribution in [0.15, 0.2) is 96.2 Å². The van der Waals surface area contributed by atoms with E-state index in [-0.39, 0.29) is 5.41 Å². The highest BCUT2D eigenvalue weighted by atomic mass is 16.7. The Bertz CT molecular complexity index is 898. The van der Waals surface area contributed by atoms with Crippen LogP contribution in [0.25, 0.3) is 0 Å². The molecule has 1 aliphatic rings. The third kappa shape index (κ3) is 4.37. The lowest BCUT2D eigenvalue weighted by molar-refractivity contribution is 0.0504. The molecule has 0 spiro atoms. The van der Waals surface area contributed by atoms with Crippen LogP contribution >= 0.6 is 0 Å². The van der Waals surface area contributed by atoms with Crippen LogP contribution in [0.3, 0.4) is 0 Å². The third-order valence-corrected chi connectivity index (χ3v) is 5.27. The van der Waals surface area contributed by atoms with E-state index in [1.807, 2.05) is 30.3 Å². The van der Waals surface area contributed by atoms with Crippen molar-refractivity contribution < 1.29 is 9.63 Å². The maximum Gasteiger partial charge on any atom is 0.365 e. The van der Waals surface area contributed by atoms with E-state index in [2.05, 4.69) is 53.7 Å². The van der Waals surface area contributed by atoms with E-state index in [1.54, 1.807) is 12.1 Å². The third-order valence-electron chi connectivity index (χ3n) is 5.27. The normalized spacial score (nSPS) is 14.8. The van der Waals surface area contributed by atoms with Crippen molar-refractivity contribution >= 4 is 11.7 Å². The Morgan fingerprint density at radius 2 is 1.21 bits per heavy atom. The summed E-state index contributed by atoms with van der Waals surface area (Å²) in [6.07, 6.45) is 3.68. The van der Waals surface area contributed by atoms with Gasteiger partial charge in [0, 0.05) is 0 Å². The first-order valence-electron chi connectivity index (χ1n) is 9.62. The van der Waals surface area contributed by atoms with Crippen LogP contribution in [-0.4, -0.2) is 11.7 Å². The van der Waals surface area contributed by atoms with Crippen LogP contribution in [0.1, 0.15) is 34.3 Å². The van der Waals surface area contributed by atoms with Gasteiger partial charge in [-0.1, -0.05) is 84.0 Å². The zero-order valence-corrected chi connectivity index (χ0v) is 15.8. The zero-order chi connectivity index (χ0) is 19.2. The molecule has 0 bridgehead atoms. The Balaban J connectivity index is 1.45. The molecule has 3 aromatic rings. The molecule has 3 aromatic carbocycles. The molecule has 3 heteroatoms. The average Bonchev–Trinajstić information content (AvgIpc) is 2.72. The molecule has 140 valence electrons. The molecule has 0 amide bonds. The predicted octanol–water partition coefficient (Wildman–Crippen LogP) is 5.47. The Morgan fingerprint density at radius 1 is 0.750 bits per heavy atom. The Hall–Kier alpha value is -3.20. The largest absolute Gasteiger partial charge is 0.365 e. The van der Waals surface area contributed by atoms with Gasteiger partial charge in [0.2, 0.25) is 0 Å². The lowest BCUT2D eigenvalue weighted by Gasteiger charge is -2.43. The Kier molecular flexibility index (Phi) is 5.34. The van der Waals surface area contributed by atoms with E-state index in [0.29, 0.717) is 5.56 Å². The number of hydrogen-bond acceptors (Lipinski definition) is 3. The Labute approximate surface area is 165 Å². The van der Waals surface area contributed by atoms with Crippen LogP contribution in [-0.2, 0) is 17.7 Å². The molecule has 28 heavy (non-hydrogen) atoms. The van der Waals surface area contributed by atoms with Gasteiger partial charge in [0.15, 0.2) is 0 Å². The van der Waals surface area contributed by atoms with Crippen molar-refractivity contribution in [2.45, 2.75) is 25.7 Å². The summed E-state index contributed by atoms with van der Waals surface area (Å²) in [5.74, 6) is -0.406. The van der Waals surface area contributed by atoms with Gasteiger partial charge >= 0.3 is 5.97 Å². The van der Waals surface area contributed by atoms with Crippen LogP contribution in [0.4, 0.5) is 0 Å². The maximum absolute atomic E-state index is 12.1. The standard InChI is InChI=1S/C25H23NO2/c27-24(22-14-8-3-9-15-22)28-26-23-18-25(19-23,16-20-10-4-1-5-11-20)17-21-12-6-2-7-13-21/h1-15H,16-19H2. The van der Waals surface area contributed by atoms with Gasteiger partial charge in [-0.05, 0) is 54.4 Å². The zero-order valence-electron chi connectivity index (χ0n) is 15.8. The van der Waals surface area contributed by atoms with Crippen LogP contribution in [0.2, 0.25) is 0 Å². The number of oxime groups is 1. The molecule has 0 saturated heterocycles. The summed E-state index contributed by atoms with van der Waals surface area (Å²) in [5, 5.41) is 4.15. The van der Waals surface area contributed by atoms with Gasteiger partial charge in [-0.15, -0.1) is 0 Å². The molecule has 1 fully saturated rings. The van der Waals surface area contributed by atoms with E-state index < -0.39 is 5.97 Å². The predicted molar refractivity (Wildman–Crippen MR) is 111 cm³/mol. The molecule has 0 heterocycles. The number of hydrogen-bond donors (Lipinski definition) is 0. The van der Waals surface area contributed by atoms with Crippen molar-refractivity contribution in [3.63, 3.8) is 0 Å². The second kappa shape index (κ2) is 8.22. The Morgan fingerprint density at radius 3 is 1.71 bits per heavy atom. The van der Waals surface area contributed by atoms with Gasteiger partial charge in [0.1, 0.15) is 0 Å². The first kappa shape index (κ1) is 18.2. The fourth-order valence-electron chi connectivity index (χ4n) is 3.98. The smallest absolute Gasteiger partial charge is 0.313 e. The van der Waals surface area contributed by atoms with Crippen molar-refractivity contribution in [2.75, 3.05) is 0 Å². The van der Waals surface area contributed by atoms with Crippen LogP contribution < -0.4 is 0 Å². The minimum atomic E-state index is -0.406. The topological polar surface area (TPSA) is 38.7 Å². The lowest BCUT2D eigenvalue weighted by Crippen LogP contribution is -2.41. The number of nitrogens with zero attached hydrogens (tertiary/aromatic N) is 1. The highest BCUT2D eigenvalue weighted by Crippen LogP contribution is 2.45. The summed E-state index contributed by atoms with van der Waals surface area (Å²) in [6, 6.07) is 30.1. The molecule has 1 aliphatic carbocycles. The first-order chi connectivity index (χ1) is 13.7. The summed E-state index contributed by atoms with van der Waals surface area (Å²) >= 11 is 0. The van der Waals surface area contributed by atoms with Gasteiger partial charge in [-0.25, -0.2) is 4.79 Å². The van der Waals surface area contributed by atoms with E-state index in [4.69, 9.17) is 4.84 Å². The minimum absolute atomic E-state index is 0.126. The van der Waals surface area contributed by atoms with E-state index in [1.165, 1.54) is 11.1 Å². The van der Waals surface area contributed by atoms with Gasteiger partial charge < -0.3 is 4.84 Å². The number of carbonyl (C=O) groups excluding carboxylic acids is 1. The van der Waals surface area contributed by atoms with E-state index >= 15 is 0 Å². The van der Waals surface area contributed by atoms with Gasteiger partial charge in [0.05, 0.1) is 11.3 Å². The van der Waals surface area contributed by atoms with Crippen molar-refractivity contribution in [3.8, 4) is 0 Å². The average molecular weight is 369 g/mol. The fourth-order valence-corrected chi connectivity index (χ4v) is 3.98. The molecule has 0 radical (unpaired) electrons. The second-order valence-corrected chi connectivity index (χ2v) is 7.58. The molecule has 0 aromatic heterocycles. The maximum atomic E-state index is 12.1. The molecule has 0 unspecified atom stereocenters. The fraction of sp³-hybridized carbons (Fsp3) is 0.200. The minimum Gasteiger partial charge on any atom is -0.313 e. The monoisotopic (exact) mass is 369 g/mol. The van der Waals surface area contributed by atoms with Crippen molar-refractivity contribution in [1.29, 1.82) is 0 Å². The molecule has 3 nitrogen and oxygen atoms in total. The van der Waals surface area contributed by atoms with Crippen molar-refractivity contribution in [3.05, 3.63) is 108 Å². The van der Waals surface area contributed by atoms with Crippen molar-refractivity contribution in [2.24, 2.45) is 10.6 Å². The quantitative estimate of drug-likeness (QED) is 0.427. The molecular formula is C25H23NO2. The first-order valence-corrected chi connectivity index (χ1v) is 9.62. The van der Waals surface area contributed by atoms with E-state index in [9.17, 15) is 4.79 Å². The summed E-state index contributed by atoms with van der Waals surface area (Å²) in [6.45, 7) is 0. The molecule has 4 rings (SSSR count). The summed E-state index contributed by atoms with van der Waals surface area (Å²) in [5.41, 5.74) is 4.26. The summed E-state index contributed by atoms with van der Waals surface area (Å²) in [7, 11) is 0. The molecular weight excluding hydrogens is 346 g/mol. The number of rotatable bonds is 6. The highest BCUT2D eigenvalue weighted by Gasteiger charge is 2.42. The van der Waals surface area contributed by atoms with Crippen molar-refractivity contribution in [1.82, 2.24) is 0 Å². The summed E-state index contributed by atoms with van der Waals surface area (Å²) < 4.78 is 0. The highest BCUT2D eigenvalue weighted by molar-refractivity contribution is 5.93. The number of carbonyl (C=O) groups is 1. The molecule has 0 atom stereocenters. The van der Waals surface area contributed by atoms with Crippen LogP contribution in [0, 0.1) is 5.41 Å². The summed E-state index contributed by atoms with van der Waals surface area (Å²) in [4.78, 5) is 17.3.